The number of piperazine rings is 1. The number of nitriles is 1. The maximum absolute atomic E-state index is 12.5. The van der Waals surface area contributed by atoms with E-state index < -0.39 is 5.97 Å². The molecule has 2 aliphatic heterocycles. The minimum atomic E-state index is -0.561. The monoisotopic (exact) mass is 592 g/mol. The van der Waals surface area contributed by atoms with Crippen molar-refractivity contribution in [3.05, 3.63) is 77.1 Å². The van der Waals surface area contributed by atoms with Gasteiger partial charge in [-0.3, -0.25) is 4.90 Å². The van der Waals surface area contributed by atoms with Crippen molar-refractivity contribution in [2.75, 3.05) is 63.8 Å². The number of nitrogens with zero attached hydrogens (tertiary/aromatic N) is 5. The van der Waals surface area contributed by atoms with Crippen LogP contribution in [0.15, 0.2) is 54.6 Å². The van der Waals surface area contributed by atoms with E-state index in [1.54, 1.807) is 12.1 Å². The van der Waals surface area contributed by atoms with Gasteiger partial charge in [0.25, 0.3) is 0 Å². The van der Waals surface area contributed by atoms with Crippen LogP contribution in [0.4, 0.5) is 11.4 Å². The number of pyridine rings is 2. The van der Waals surface area contributed by atoms with Crippen molar-refractivity contribution in [1.82, 2.24) is 14.9 Å². The molecule has 0 spiro atoms. The molecule has 0 radical (unpaired) electrons. The van der Waals surface area contributed by atoms with E-state index in [-0.39, 0.29) is 11.7 Å². The lowest BCUT2D eigenvalue weighted by molar-refractivity contribution is -0.0660. The Morgan fingerprint density at radius 3 is 2.43 bits per heavy atom. The zero-order valence-electron chi connectivity index (χ0n) is 25.5. The third-order valence-electron chi connectivity index (χ3n) is 8.51. The minimum Gasteiger partial charge on any atom is -0.481 e. The first kappa shape index (κ1) is 29.4. The zero-order valence-corrected chi connectivity index (χ0v) is 25.5. The van der Waals surface area contributed by atoms with E-state index in [0.717, 1.165) is 72.5 Å². The third kappa shape index (κ3) is 5.76. The molecule has 2 aromatic heterocycles. The number of fused-ring (bicyclic) bond motifs is 1. The predicted molar refractivity (Wildman–Crippen MR) is 169 cm³/mol. The second-order valence-electron chi connectivity index (χ2n) is 11.3. The highest BCUT2D eigenvalue weighted by atomic mass is 16.5. The molecule has 2 fully saturated rings. The van der Waals surface area contributed by atoms with Crippen LogP contribution in [0.2, 0.25) is 0 Å². The molecule has 4 aromatic rings. The summed E-state index contributed by atoms with van der Waals surface area (Å²) in [6, 6.07) is 20.7. The molecular weight excluding hydrogens is 556 g/mol. The Hall–Kier alpha value is -4.72. The van der Waals surface area contributed by atoms with E-state index in [9.17, 15) is 10.1 Å². The second kappa shape index (κ2) is 12.5. The largest absolute Gasteiger partial charge is 0.481 e. The highest BCUT2D eigenvalue weighted by Crippen LogP contribution is 2.34. The number of esters is 1. The number of carbonyl (C=O) groups excluding carboxylic acids is 1. The maximum Gasteiger partial charge on any atom is 0.358 e. The number of hydrogen-bond donors (Lipinski definition) is 1. The molecule has 10 nitrogen and oxygen atoms in total. The molecule has 0 aliphatic carbocycles. The Bertz CT molecular complexity index is 1720. The smallest absolute Gasteiger partial charge is 0.358 e. The molecule has 6 rings (SSSR count). The molecule has 44 heavy (non-hydrogen) atoms. The normalized spacial score (nSPS) is 16.2. The number of hydrogen-bond acceptors (Lipinski definition) is 10. The lowest BCUT2D eigenvalue weighted by Crippen LogP contribution is -2.56. The van der Waals surface area contributed by atoms with Crippen LogP contribution in [0.1, 0.15) is 40.3 Å². The second-order valence-corrected chi connectivity index (χ2v) is 11.3. The highest BCUT2D eigenvalue weighted by Gasteiger charge is 2.29. The summed E-state index contributed by atoms with van der Waals surface area (Å²) < 4.78 is 15.5. The van der Waals surface area contributed by atoms with Gasteiger partial charge in [0.1, 0.15) is 11.8 Å². The number of anilines is 2. The molecule has 4 heterocycles. The van der Waals surface area contributed by atoms with Crippen molar-refractivity contribution in [2.45, 2.75) is 25.9 Å². The summed E-state index contributed by atoms with van der Waals surface area (Å²) in [6.45, 7) is 9.74. The van der Waals surface area contributed by atoms with Gasteiger partial charge in [-0.1, -0.05) is 18.2 Å². The average molecular weight is 593 g/mol. The highest BCUT2D eigenvalue weighted by molar-refractivity contribution is 5.94. The van der Waals surface area contributed by atoms with Gasteiger partial charge in [0.05, 0.1) is 44.7 Å². The van der Waals surface area contributed by atoms with Crippen LogP contribution in [0.3, 0.4) is 0 Å². The van der Waals surface area contributed by atoms with Crippen molar-refractivity contribution in [2.24, 2.45) is 0 Å². The van der Waals surface area contributed by atoms with Gasteiger partial charge in [-0.05, 0) is 60.9 Å². The van der Waals surface area contributed by atoms with Crippen LogP contribution in [-0.2, 0) is 9.47 Å². The van der Waals surface area contributed by atoms with Crippen LogP contribution in [0.5, 0.6) is 5.88 Å². The Morgan fingerprint density at radius 2 is 1.80 bits per heavy atom. The van der Waals surface area contributed by atoms with Crippen LogP contribution in [-0.4, -0.2) is 80.5 Å². The van der Waals surface area contributed by atoms with Gasteiger partial charge in [0.15, 0.2) is 5.69 Å². The van der Waals surface area contributed by atoms with E-state index in [2.05, 4.69) is 62.6 Å². The van der Waals surface area contributed by atoms with E-state index in [1.165, 1.54) is 19.9 Å². The van der Waals surface area contributed by atoms with Crippen molar-refractivity contribution < 1.29 is 19.0 Å². The van der Waals surface area contributed by atoms with Crippen molar-refractivity contribution in [3.8, 4) is 23.1 Å². The maximum atomic E-state index is 12.5. The molecule has 10 heteroatoms. The lowest BCUT2D eigenvalue weighted by Gasteiger charge is -2.43. The van der Waals surface area contributed by atoms with Gasteiger partial charge in [0, 0.05) is 54.9 Å². The molecular formula is C34H36N6O4. The van der Waals surface area contributed by atoms with Crippen molar-refractivity contribution in [3.63, 3.8) is 0 Å². The molecule has 0 amide bonds. The lowest BCUT2D eigenvalue weighted by atomic mass is 9.95. The minimum absolute atomic E-state index is 0.139. The van der Waals surface area contributed by atoms with Crippen molar-refractivity contribution >= 4 is 28.2 Å². The average Bonchev–Trinajstić information content (AvgIpc) is 3.03. The van der Waals surface area contributed by atoms with Gasteiger partial charge in [0.2, 0.25) is 5.88 Å². The standard InChI is InChI=1S/C34H36N6O4/c1-21-15-26(22(2)36-29-9-10-32(42-3)38-33(29)34(41)43-4)28-17-27(31(18-35)37-30(28)16-21)23-5-7-24(8-6-23)39-11-13-40(14-12-39)25-19-44-20-25/h5-10,15-17,22,25,36H,11-14,19-20H2,1-4H3/t22-/m0/s1. The van der Waals surface area contributed by atoms with E-state index in [0.29, 0.717) is 23.3 Å². The van der Waals surface area contributed by atoms with E-state index >= 15 is 0 Å². The molecule has 2 saturated heterocycles. The number of nitrogens with one attached hydrogen (secondary N) is 1. The number of ether oxygens (including phenoxy) is 3. The predicted octanol–water partition coefficient (Wildman–Crippen LogP) is 4.97. The summed E-state index contributed by atoms with van der Waals surface area (Å²) in [5, 5.41) is 14.4. The fourth-order valence-corrected chi connectivity index (χ4v) is 5.98. The number of carbonyl (C=O) groups is 1. The first-order chi connectivity index (χ1) is 21.4. The van der Waals surface area contributed by atoms with Crippen LogP contribution < -0.4 is 15.0 Å². The summed E-state index contributed by atoms with van der Waals surface area (Å²) in [4.78, 5) is 26.5. The Labute approximate surface area is 257 Å². The number of methoxy groups -OCH3 is 2. The van der Waals surface area contributed by atoms with Crippen LogP contribution >= 0.6 is 0 Å². The van der Waals surface area contributed by atoms with Gasteiger partial charge in [-0.15, -0.1) is 0 Å². The van der Waals surface area contributed by atoms with Crippen molar-refractivity contribution in [1.29, 1.82) is 5.26 Å². The third-order valence-corrected chi connectivity index (χ3v) is 8.51. The first-order valence-electron chi connectivity index (χ1n) is 14.8. The van der Waals surface area contributed by atoms with Gasteiger partial charge >= 0.3 is 5.97 Å². The number of benzene rings is 2. The van der Waals surface area contributed by atoms with Gasteiger partial charge in [-0.2, -0.15) is 5.26 Å². The van der Waals surface area contributed by atoms with E-state index in [4.69, 9.17) is 19.2 Å². The molecule has 226 valence electrons. The van der Waals surface area contributed by atoms with Gasteiger partial charge in [-0.25, -0.2) is 14.8 Å². The topological polar surface area (TPSA) is 113 Å². The molecule has 2 aromatic carbocycles. The Morgan fingerprint density at radius 1 is 1.05 bits per heavy atom. The van der Waals surface area contributed by atoms with Crippen LogP contribution in [0.25, 0.3) is 22.0 Å². The molecule has 0 unspecified atom stereocenters. The molecule has 0 saturated carbocycles. The molecule has 1 N–H and O–H groups in total. The fraction of sp³-hybridized carbons (Fsp3) is 0.353. The summed E-state index contributed by atoms with van der Waals surface area (Å²) >= 11 is 0. The van der Waals surface area contributed by atoms with Crippen LogP contribution in [0, 0.1) is 18.3 Å². The molecule has 1 atom stereocenters. The Balaban J connectivity index is 1.30. The summed E-state index contributed by atoms with van der Waals surface area (Å²) in [6.07, 6.45) is 0. The molecule has 2 aliphatic rings. The first-order valence-corrected chi connectivity index (χ1v) is 14.8. The number of rotatable bonds is 8. The van der Waals surface area contributed by atoms with Gasteiger partial charge < -0.3 is 24.4 Å². The number of aromatic nitrogens is 2. The quantitative estimate of drug-likeness (QED) is 0.282. The van der Waals surface area contributed by atoms with E-state index in [1.807, 2.05) is 19.9 Å². The Kier molecular flexibility index (Phi) is 8.33. The SMILES string of the molecule is COC(=O)c1nc(OC)ccc1N[C@@H](C)c1cc(C)cc2nc(C#N)c(-c3ccc(N4CCN(C5COC5)CC4)cc3)cc12. The summed E-state index contributed by atoms with van der Waals surface area (Å²) in [7, 11) is 2.82. The summed E-state index contributed by atoms with van der Waals surface area (Å²) in [5.41, 5.74) is 6.67. The summed E-state index contributed by atoms with van der Waals surface area (Å²) in [5.74, 6) is -0.242. The molecule has 0 bridgehead atoms. The number of aryl methyl sites for hydroxylation is 1. The fourth-order valence-electron chi connectivity index (χ4n) is 5.98. The zero-order chi connectivity index (χ0) is 30.8.